The molecule has 0 aliphatic carbocycles. The van der Waals surface area contributed by atoms with E-state index in [0.29, 0.717) is 25.2 Å². The molecule has 2 atom stereocenters. The van der Waals surface area contributed by atoms with Crippen LogP contribution >= 0.6 is 11.9 Å². The summed E-state index contributed by atoms with van der Waals surface area (Å²) >= 11 is 0.000396. The first-order valence-corrected chi connectivity index (χ1v) is 11.5. The highest BCUT2D eigenvalue weighted by Gasteiger charge is 2.39. The molecule has 0 radical (unpaired) electrons. The van der Waals surface area contributed by atoms with Gasteiger partial charge in [-0.05, 0) is 48.9 Å². The molecular formula is C22H32F5N3OS. The summed E-state index contributed by atoms with van der Waals surface area (Å²) in [6.45, 7) is 8.14. The fourth-order valence-electron chi connectivity index (χ4n) is 3.74. The Labute approximate surface area is 191 Å². The van der Waals surface area contributed by atoms with Crippen molar-refractivity contribution in [2.45, 2.75) is 44.3 Å². The van der Waals surface area contributed by atoms with E-state index < -0.39 is 17.1 Å². The van der Waals surface area contributed by atoms with Gasteiger partial charge >= 0.3 is 5.51 Å². The van der Waals surface area contributed by atoms with Crippen molar-refractivity contribution in [2.75, 3.05) is 46.4 Å². The molecule has 1 aromatic rings. The second-order valence-corrected chi connectivity index (χ2v) is 9.17. The smallest absolute Gasteiger partial charge is 0.378 e. The number of likely N-dealkylation sites (N-methyl/N-ethyl adjacent to an activating group) is 1. The maximum atomic E-state index is 12.4. The summed E-state index contributed by atoms with van der Waals surface area (Å²) in [7, 11) is 1.94. The maximum Gasteiger partial charge on any atom is 0.456 e. The standard InChI is InChI=1S/C13H20F3N3OS.C6H4F2.C3H8/c1-17-11-2-12(8-20-7-11)18-3-9-5-19(6-10(9)4-18)21-13(14,15)16;7-5-1-2-6(8)4-3-5;1-3-2/h11-12,17H,2-8H2,1H3;1-4H;3H2,1-2H3. The third-order valence-electron chi connectivity index (χ3n) is 5.17. The van der Waals surface area contributed by atoms with Crippen molar-refractivity contribution in [1.82, 2.24) is 14.5 Å². The van der Waals surface area contributed by atoms with E-state index in [4.69, 9.17) is 4.74 Å². The Bertz CT molecular complexity index is 690. The Kier molecular flexibility index (Phi) is 10.9. The number of hydrogen-bond donors (Lipinski definition) is 1. The Morgan fingerprint density at radius 3 is 1.91 bits per heavy atom. The fourth-order valence-corrected chi connectivity index (χ4v) is 4.47. The third-order valence-corrected chi connectivity index (χ3v) is 5.89. The molecule has 182 valence electrons. The normalized spacial score (nSPS) is 23.9. The van der Waals surface area contributed by atoms with E-state index in [9.17, 15) is 22.0 Å². The minimum absolute atomic E-state index is 0.000396. The highest BCUT2D eigenvalue weighted by molar-refractivity contribution is 7.97. The predicted molar refractivity (Wildman–Crippen MR) is 118 cm³/mol. The van der Waals surface area contributed by atoms with Crippen LogP contribution in [-0.4, -0.2) is 73.2 Å². The first-order valence-electron chi connectivity index (χ1n) is 10.8. The largest absolute Gasteiger partial charge is 0.456 e. The lowest BCUT2D eigenvalue weighted by atomic mass is 10.0. The summed E-state index contributed by atoms with van der Waals surface area (Å²) in [5.41, 5.74) is -1.85. The molecule has 0 bridgehead atoms. The van der Waals surface area contributed by atoms with E-state index in [1.54, 1.807) is 0 Å². The summed E-state index contributed by atoms with van der Waals surface area (Å²) in [6, 6.07) is 5.05. The van der Waals surface area contributed by atoms with Crippen molar-refractivity contribution in [1.29, 1.82) is 0 Å². The van der Waals surface area contributed by atoms with Crippen LogP contribution in [0.3, 0.4) is 0 Å². The average molecular weight is 482 g/mol. The number of benzene rings is 1. The molecule has 1 saturated heterocycles. The SMILES string of the molecule is CCC.CNC1COCC(N2CC3=C(CN(SC(F)(F)F)C3)C2)C1.Fc1ccc(F)cc1. The monoisotopic (exact) mass is 481 g/mol. The van der Waals surface area contributed by atoms with Crippen LogP contribution < -0.4 is 5.32 Å². The summed E-state index contributed by atoms with van der Waals surface area (Å²) in [5.74, 6) is -0.821. The molecule has 2 unspecified atom stereocenters. The summed E-state index contributed by atoms with van der Waals surface area (Å²) in [4.78, 5) is 2.35. The molecule has 32 heavy (non-hydrogen) atoms. The van der Waals surface area contributed by atoms with E-state index in [1.807, 2.05) is 7.05 Å². The van der Waals surface area contributed by atoms with E-state index in [2.05, 4.69) is 24.1 Å². The molecular weight excluding hydrogens is 449 g/mol. The molecule has 4 nitrogen and oxygen atoms in total. The number of halogens is 5. The lowest BCUT2D eigenvalue weighted by Gasteiger charge is -2.36. The quantitative estimate of drug-likeness (QED) is 0.379. The van der Waals surface area contributed by atoms with E-state index >= 15 is 0 Å². The predicted octanol–water partition coefficient (Wildman–Crippen LogP) is 4.84. The Hall–Kier alpha value is -1.20. The highest BCUT2D eigenvalue weighted by atomic mass is 32.2. The summed E-state index contributed by atoms with van der Waals surface area (Å²) in [5, 5.41) is 3.24. The van der Waals surface area contributed by atoms with Crippen LogP contribution in [0.25, 0.3) is 0 Å². The molecule has 4 rings (SSSR count). The number of ether oxygens (including phenoxy) is 1. The maximum absolute atomic E-state index is 12.4. The minimum atomic E-state index is -4.18. The lowest BCUT2D eigenvalue weighted by Crippen LogP contribution is -2.48. The van der Waals surface area contributed by atoms with Crippen molar-refractivity contribution >= 4 is 11.9 Å². The van der Waals surface area contributed by atoms with Crippen molar-refractivity contribution in [3.8, 4) is 0 Å². The van der Waals surface area contributed by atoms with Crippen LogP contribution in [0.4, 0.5) is 22.0 Å². The summed E-state index contributed by atoms with van der Waals surface area (Å²) < 4.78 is 68.1. The van der Waals surface area contributed by atoms with Gasteiger partial charge in [0.05, 0.1) is 13.2 Å². The zero-order chi connectivity index (χ0) is 23.7. The van der Waals surface area contributed by atoms with Gasteiger partial charge in [0.1, 0.15) is 11.6 Å². The van der Waals surface area contributed by atoms with Gasteiger partial charge in [0.25, 0.3) is 0 Å². The van der Waals surface area contributed by atoms with Crippen LogP contribution in [0.1, 0.15) is 26.7 Å². The highest BCUT2D eigenvalue weighted by Crippen LogP contribution is 2.39. The molecule has 0 spiro atoms. The molecule has 3 heterocycles. The molecule has 3 aliphatic rings. The zero-order valence-electron chi connectivity index (χ0n) is 18.7. The van der Waals surface area contributed by atoms with E-state index in [-0.39, 0.29) is 11.9 Å². The van der Waals surface area contributed by atoms with Crippen LogP contribution in [0.2, 0.25) is 0 Å². The van der Waals surface area contributed by atoms with Gasteiger partial charge in [-0.3, -0.25) is 4.90 Å². The topological polar surface area (TPSA) is 27.7 Å². The molecule has 1 aromatic carbocycles. The van der Waals surface area contributed by atoms with Gasteiger partial charge in [-0.1, -0.05) is 20.3 Å². The van der Waals surface area contributed by atoms with Gasteiger partial charge < -0.3 is 10.1 Å². The Morgan fingerprint density at radius 1 is 0.969 bits per heavy atom. The second-order valence-electron chi connectivity index (χ2n) is 8.00. The molecule has 3 aliphatic heterocycles. The number of nitrogens with one attached hydrogen (secondary N) is 1. The van der Waals surface area contributed by atoms with Gasteiger partial charge in [0, 0.05) is 50.2 Å². The molecule has 0 aromatic heterocycles. The van der Waals surface area contributed by atoms with Crippen molar-refractivity contribution < 1.29 is 26.7 Å². The molecule has 0 amide bonds. The molecule has 10 heteroatoms. The van der Waals surface area contributed by atoms with Crippen molar-refractivity contribution in [2.24, 2.45) is 0 Å². The van der Waals surface area contributed by atoms with Crippen molar-refractivity contribution in [3.63, 3.8) is 0 Å². The molecule has 0 saturated carbocycles. The first kappa shape index (κ1) is 27.0. The number of hydrogen-bond acceptors (Lipinski definition) is 5. The second kappa shape index (κ2) is 12.9. The fraction of sp³-hybridized carbons (Fsp3) is 0.636. The molecule has 1 N–H and O–H groups in total. The van der Waals surface area contributed by atoms with Crippen LogP contribution in [0, 0.1) is 11.6 Å². The van der Waals surface area contributed by atoms with Crippen LogP contribution in [-0.2, 0) is 4.74 Å². The van der Waals surface area contributed by atoms with Gasteiger partial charge in [0.2, 0.25) is 0 Å². The van der Waals surface area contributed by atoms with Gasteiger partial charge in [-0.25, -0.2) is 13.1 Å². The van der Waals surface area contributed by atoms with Crippen LogP contribution in [0.15, 0.2) is 35.4 Å². The van der Waals surface area contributed by atoms with Crippen LogP contribution in [0.5, 0.6) is 0 Å². The Balaban J connectivity index is 0.000000274. The van der Waals surface area contributed by atoms with Crippen molar-refractivity contribution in [3.05, 3.63) is 47.0 Å². The third kappa shape index (κ3) is 8.97. The van der Waals surface area contributed by atoms with E-state index in [1.165, 1.54) is 21.9 Å². The minimum Gasteiger partial charge on any atom is -0.378 e. The van der Waals surface area contributed by atoms with Gasteiger partial charge in [-0.15, -0.1) is 0 Å². The number of nitrogens with zero attached hydrogens (tertiary/aromatic N) is 2. The number of rotatable bonds is 3. The van der Waals surface area contributed by atoms with Gasteiger partial charge in [-0.2, -0.15) is 13.2 Å². The van der Waals surface area contributed by atoms with E-state index in [0.717, 1.165) is 57.0 Å². The Morgan fingerprint density at radius 2 is 1.47 bits per heavy atom. The number of alkyl halides is 3. The average Bonchev–Trinajstić information content (AvgIpc) is 3.28. The first-order chi connectivity index (χ1) is 15.1. The summed E-state index contributed by atoms with van der Waals surface area (Å²) in [6.07, 6.45) is 2.29. The zero-order valence-corrected chi connectivity index (χ0v) is 19.5. The molecule has 1 fully saturated rings. The van der Waals surface area contributed by atoms with Gasteiger partial charge in [0.15, 0.2) is 0 Å². The lowest BCUT2D eigenvalue weighted by molar-refractivity contribution is -0.0359.